The fraction of sp³-hybridized carbons (Fsp3) is 0.196. The first kappa shape index (κ1) is 33.3. The first-order valence-electron chi connectivity index (χ1n) is 17.5. The molecule has 2 heterocycles. The third kappa shape index (κ3) is 5.35. The van der Waals surface area contributed by atoms with Crippen molar-refractivity contribution in [2.75, 3.05) is 0 Å². The summed E-state index contributed by atoms with van der Waals surface area (Å²) >= 11 is 0. The van der Waals surface area contributed by atoms with Crippen LogP contribution in [0.25, 0.3) is 66.1 Å². The number of fused-ring (bicyclic) bond motifs is 6. The largest absolute Gasteiger partial charge is 0.416 e. The number of nitrogens with zero attached hydrogens (tertiary/aromatic N) is 3. The topological polar surface area (TPSA) is 33.6 Å². The Morgan fingerprint density at radius 1 is 0.481 bits per heavy atom. The zero-order valence-electron chi connectivity index (χ0n) is 30.0. The first-order valence-corrected chi connectivity index (χ1v) is 17.5. The lowest BCUT2D eigenvalue weighted by molar-refractivity contribution is -0.137. The molecule has 0 bridgehead atoms. The predicted octanol–water partition coefficient (Wildman–Crippen LogP) is 13.0. The van der Waals surface area contributed by atoms with Crippen LogP contribution in [0.3, 0.4) is 0 Å². The highest BCUT2D eigenvalue weighted by Gasteiger charge is 2.31. The van der Waals surface area contributed by atoms with Crippen molar-refractivity contribution in [1.29, 1.82) is 5.26 Å². The Kier molecular flexibility index (Phi) is 7.45. The van der Waals surface area contributed by atoms with E-state index in [0.29, 0.717) is 11.1 Å². The molecular weight excluding hydrogens is 652 g/mol. The van der Waals surface area contributed by atoms with Gasteiger partial charge in [0, 0.05) is 27.1 Å². The van der Waals surface area contributed by atoms with Crippen molar-refractivity contribution in [3.05, 3.63) is 144 Å². The fourth-order valence-corrected chi connectivity index (χ4v) is 7.52. The molecule has 0 amide bonds. The van der Waals surface area contributed by atoms with E-state index in [4.69, 9.17) is 0 Å². The van der Waals surface area contributed by atoms with Crippen molar-refractivity contribution in [3.8, 4) is 28.6 Å². The summed E-state index contributed by atoms with van der Waals surface area (Å²) in [5.41, 5.74) is 7.75. The van der Waals surface area contributed by atoms with Crippen LogP contribution in [0, 0.1) is 11.3 Å². The Labute approximate surface area is 301 Å². The zero-order valence-corrected chi connectivity index (χ0v) is 30.0. The molecule has 258 valence electrons. The maximum Gasteiger partial charge on any atom is 0.416 e. The van der Waals surface area contributed by atoms with Crippen LogP contribution in [0.4, 0.5) is 13.2 Å². The van der Waals surface area contributed by atoms with Gasteiger partial charge in [-0.15, -0.1) is 0 Å². The molecule has 6 aromatic carbocycles. The zero-order chi connectivity index (χ0) is 36.7. The second kappa shape index (κ2) is 11.6. The van der Waals surface area contributed by atoms with Crippen LogP contribution in [0.15, 0.2) is 121 Å². The Balaban J connectivity index is 1.58. The van der Waals surface area contributed by atoms with Gasteiger partial charge in [-0.25, -0.2) is 0 Å². The normalized spacial score (nSPS) is 12.7. The number of hydrogen-bond donors (Lipinski definition) is 0. The van der Waals surface area contributed by atoms with Crippen LogP contribution in [0.1, 0.15) is 63.8 Å². The lowest BCUT2D eigenvalue weighted by Crippen LogP contribution is -2.12. The second-order valence-electron chi connectivity index (χ2n) is 15.7. The molecule has 0 unspecified atom stereocenters. The molecule has 8 rings (SSSR count). The molecule has 3 nitrogen and oxygen atoms in total. The molecule has 0 fully saturated rings. The Morgan fingerprint density at radius 2 is 0.962 bits per heavy atom. The molecule has 2 aromatic heterocycles. The number of rotatable bonds is 3. The Morgan fingerprint density at radius 3 is 1.44 bits per heavy atom. The highest BCUT2D eigenvalue weighted by atomic mass is 19.4. The van der Waals surface area contributed by atoms with Gasteiger partial charge in [0.25, 0.3) is 0 Å². The smallest absolute Gasteiger partial charge is 0.307 e. The predicted molar refractivity (Wildman–Crippen MR) is 208 cm³/mol. The molecule has 0 aliphatic heterocycles. The number of nitriles is 1. The maximum absolute atomic E-state index is 14.0. The minimum absolute atomic E-state index is 0.125. The van der Waals surface area contributed by atoms with Gasteiger partial charge in [-0.05, 0) is 76.1 Å². The van der Waals surface area contributed by atoms with Gasteiger partial charge >= 0.3 is 6.18 Å². The van der Waals surface area contributed by atoms with Crippen LogP contribution in [0.2, 0.25) is 0 Å². The minimum Gasteiger partial charge on any atom is -0.307 e. The van der Waals surface area contributed by atoms with Gasteiger partial charge in [-0.3, -0.25) is 0 Å². The lowest BCUT2D eigenvalue weighted by Gasteiger charge is -2.22. The standard InChI is InChI=1S/C46H38F3N3/c1-44(2,3)30-18-20-35-33-14-7-9-16-38(33)51(40(35)24-30)42-23-29(27-50)37(28-12-11-13-32(22-28)46(47,48)49)26-43(42)52-39-17-10-8-15-34(39)36-21-19-31(25-41(36)52)45(4,5)6/h7-26H,1-6H3. The van der Waals surface area contributed by atoms with Gasteiger partial charge < -0.3 is 9.13 Å². The molecule has 0 atom stereocenters. The molecule has 0 aliphatic rings. The summed E-state index contributed by atoms with van der Waals surface area (Å²) < 4.78 is 46.6. The van der Waals surface area contributed by atoms with Gasteiger partial charge in [0.15, 0.2) is 0 Å². The van der Waals surface area contributed by atoms with Crippen LogP contribution in [-0.2, 0) is 17.0 Å². The van der Waals surface area contributed by atoms with Crippen molar-refractivity contribution in [1.82, 2.24) is 9.13 Å². The summed E-state index contributed by atoms with van der Waals surface area (Å²) in [6, 6.07) is 41.0. The summed E-state index contributed by atoms with van der Waals surface area (Å²) in [6.45, 7) is 13.1. The Hall–Kier alpha value is -5.80. The molecule has 0 radical (unpaired) electrons. The van der Waals surface area contributed by atoms with E-state index < -0.39 is 11.7 Å². The number of aromatic nitrogens is 2. The summed E-state index contributed by atoms with van der Waals surface area (Å²) in [5, 5.41) is 15.0. The van der Waals surface area contributed by atoms with E-state index in [1.807, 2.05) is 36.4 Å². The van der Waals surface area contributed by atoms with Crippen molar-refractivity contribution in [2.45, 2.75) is 58.5 Å². The van der Waals surface area contributed by atoms with Gasteiger partial charge in [-0.2, -0.15) is 18.4 Å². The fourth-order valence-electron chi connectivity index (χ4n) is 7.52. The van der Waals surface area contributed by atoms with Crippen LogP contribution >= 0.6 is 0 Å². The number of para-hydroxylation sites is 2. The average Bonchev–Trinajstić information content (AvgIpc) is 3.62. The van der Waals surface area contributed by atoms with Crippen LogP contribution < -0.4 is 0 Å². The van der Waals surface area contributed by atoms with Gasteiger partial charge in [0.05, 0.1) is 50.6 Å². The van der Waals surface area contributed by atoms with E-state index in [0.717, 1.165) is 72.7 Å². The van der Waals surface area contributed by atoms with Crippen LogP contribution in [-0.4, -0.2) is 9.13 Å². The van der Waals surface area contributed by atoms with Crippen molar-refractivity contribution >= 4 is 43.6 Å². The minimum atomic E-state index is -4.53. The van der Waals surface area contributed by atoms with E-state index in [1.54, 1.807) is 6.07 Å². The number of hydrogen-bond acceptors (Lipinski definition) is 1. The molecule has 0 saturated heterocycles. The van der Waals surface area contributed by atoms with E-state index in [2.05, 4.69) is 117 Å². The molecule has 0 N–H and O–H groups in total. The molecule has 52 heavy (non-hydrogen) atoms. The van der Waals surface area contributed by atoms with Crippen molar-refractivity contribution in [2.24, 2.45) is 0 Å². The number of benzene rings is 6. The quantitative estimate of drug-likeness (QED) is 0.182. The monoisotopic (exact) mass is 689 g/mol. The van der Waals surface area contributed by atoms with Crippen LogP contribution in [0.5, 0.6) is 0 Å². The average molecular weight is 690 g/mol. The molecule has 6 heteroatoms. The highest BCUT2D eigenvalue weighted by molar-refractivity contribution is 6.12. The highest BCUT2D eigenvalue weighted by Crippen LogP contribution is 2.43. The molecule has 0 saturated carbocycles. The second-order valence-corrected chi connectivity index (χ2v) is 15.7. The molecular formula is C46H38F3N3. The van der Waals surface area contributed by atoms with Gasteiger partial charge in [-0.1, -0.05) is 114 Å². The number of alkyl halides is 3. The van der Waals surface area contributed by atoms with E-state index >= 15 is 0 Å². The van der Waals surface area contributed by atoms with Crippen molar-refractivity contribution < 1.29 is 13.2 Å². The molecule has 0 spiro atoms. The maximum atomic E-state index is 14.0. The summed E-state index contributed by atoms with van der Waals surface area (Å²) in [6.07, 6.45) is -4.53. The van der Waals surface area contributed by atoms with E-state index in [1.165, 1.54) is 11.6 Å². The van der Waals surface area contributed by atoms with Gasteiger partial charge in [0.1, 0.15) is 0 Å². The first-order chi connectivity index (χ1) is 24.6. The summed E-state index contributed by atoms with van der Waals surface area (Å²) in [7, 11) is 0. The van der Waals surface area contributed by atoms with E-state index in [-0.39, 0.29) is 16.4 Å². The van der Waals surface area contributed by atoms with Gasteiger partial charge in [0.2, 0.25) is 0 Å². The van der Waals surface area contributed by atoms with E-state index in [9.17, 15) is 18.4 Å². The molecule has 8 aromatic rings. The van der Waals surface area contributed by atoms with Crippen molar-refractivity contribution in [3.63, 3.8) is 0 Å². The number of halogens is 3. The third-order valence-corrected chi connectivity index (χ3v) is 10.3. The molecule has 0 aliphatic carbocycles. The third-order valence-electron chi connectivity index (χ3n) is 10.3. The lowest BCUT2D eigenvalue weighted by atomic mass is 9.86. The summed E-state index contributed by atoms with van der Waals surface area (Å²) in [5.74, 6) is 0. The Bertz CT molecular complexity index is 2760. The SMILES string of the molecule is CC(C)(C)c1ccc2c3ccccc3n(-c3cc(C#N)c(-c4cccc(C(F)(F)F)c4)cc3-n3c4ccccc4c4ccc(C(C)(C)C)cc43)c2c1. The summed E-state index contributed by atoms with van der Waals surface area (Å²) in [4.78, 5) is 0.